The van der Waals surface area contributed by atoms with Crippen molar-refractivity contribution in [1.29, 1.82) is 0 Å². The smallest absolute Gasteiger partial charge is 0.242 e. The third-order valence-corrected chi connectivity index (χ3v) is 4.09. The number of nitrogens with two attached hydrogens (primary N) is 1. The molecule has 3 N–H and O–H groups in total. The van der Waals surface area contributed by atoms with E-state index in [1.54, 1.807) is 16.3 Å². The van der Waals surface area contributed by atoms with Crippen LogP contribution in [0.5, 0.6) is 0 Å². The molecule has 0 saturated carbocycles. The second-order valence-corrected chi connectivity index (χ2v) is 6.56. The monoisotopic (exact) mass is 405 g/mol. The largest absolute Gasteiger partial charge is 0.347 e. The Hall–Kier alpha value is -2.85. The molecule has 0 bridgehead atoms. The predicted octanol–water partition coefficient (Wildman–Crippen LogP) is 0.956. The summed E-state index contributed by atoms with van der Waals surface area (Å²) in [6.07, 6.45) is 0. The summed E-state index contributed by atoms with van der Waals surface area (Å²) in [7, 11) is 0. The zero-order valence-corrected chi connectivity index (χ0v) is 16.8. The van der Waals surface area contributed by atoms with Crippen molar-refractivity contribution in [2.45, 2.75) is 39.9 Å². The number of hydrogen-bond donors (Lipinski definition) is 2. The van der Waals surface area contributed by atoms with Crippen LogP contribution in [-0.2, 0) is 17.9 Å². The van der Waals surface area contributed by atoms with E-state index in [2.05, 4.69) is 30.9 Å². The van der Waals surface area contributed by atoms with E-state index in [1.807, 2.05) is 44.2 Å². The second-order valence-electron chi connectivity index (χ2n) is 6.56. The minimum Gasteiger partial charge on any atom is -0.347 e. The van der Waals surface area contributed by atoms with Crippen LogP contribution in [0.3, 0.4) is 0 Å². The zero-order valence-electron chi connectivity index (χ0n) is 16.0. The number of para-hydroxylation sites is 1. The van der Waals surface area contributed by atoms with Gasteiger partial charge in [-0.25, -0.2) is 9.67 Å². The Bertz CT molecular complexity index is 907. The minimum atomic E-state index is -0.288. The molecule has 10 nitrogen and oxygen atoms in total. The molecule has 1 amide bonds. The molecule has 0 aliphatic carbocycles. The van der Waals surface area contributed by atoms with E-state index >= 15 is 0 Å². The van der Waals surface area contributed by atoms with Gasteiger partial charge in [0.25, 0.3) is 0 Å². The van der Waals surface area contributed by atoms with Gasteiger partial charge >= 0.3 is 0 Å². The van der Waals surface area contributed by atoms with E-state index in [4.69, 9.17) is 5.73 Å². The maximum absolute atomic E-state index is 12.4. The number of aromatic nitrogens is 7. The second kappa shape index (κ2) is 9.38. The van der Waals surface area contributed by atoms with Gasteiger partial charge in [-0.15, -0.1) is 17.5 Å². The van der Waals surface area contributed by atoms with Crippen LogP contribution in [0.25, 0.3) is 5.69 Å². The normalized spacial score (nSPS) is 11.9. The van der Waals surface area contributed by atoms with Gasteiger partial charge in [-0.05, 0) is 35.4 Å². The third kappa shape index (κ3) is 4.90. The first-order valence-corrected chi connectivity index (χ1v) is 8.72. The molecule has 3 rings (SSSR count). The highest BCUT2D eigenvalue weighted by molar-refractivity contribution is 5.85. The minimum absolute atomic E-state index is 0. The number of rotatable bonds is 7. The van der Waals surface area contributed by atoms with Crippen LogP contribution in [0.1, 0.15) is 37.4 Å². The van der Waals surface area contributed by atoms with E-state index in [-0.39, 0.29) is 43.4 Å². The predicted molar refractivity (Wildman–Crippen MR) is 105 cm³/mol. The van der Waals surface area contributed by atoms with E-state index in [0.29, 0.717) is 17.5 Å². The van der Waals surface area contributed by atoms with Gasteiger partial charge in [0.15, 0.2) is 5.82 Å². The number of hydrogen-bond acceptors (Lipinski definition) is 7. The Morgan fingerprint density at radius 1 is 1.25 bits per heavy atom. The topological polar surface area (TPSA) is 129 Å². The molecule has 3 aromatic rings. The van der Waals surface area contributed by atoms with Crippen LogP contribution in [-0.4, -0.2) is 40.9 Å². The molecule has 0 fully saturated rings. The summed E-state index contributed by atoms with van der Waals surface area (Å²) in [5, 5.41) is 18.7. The molecule has 0 aliphatic heterocycles. The van der Waals surface area contributed by atoms with E-state index in [1.165, 1.54) is 0 Å². The van der Waals surface area contributed by atoms with Crippen LogP contribution < -0.4 is 11.1 Å². The number of aryl methyl sites for hydroxylation is 1. The average molecular weight is 406 g/mol. The molecule has 2 aromatic heterocycles. The molecule has 1 atom stereocenters. The van der Waals surface area contributed by atoms with Gasteiger partial charge in [-0.2, -0.15) is 9.78 Å². The van der Waals surface area contributed by atoms with Gasteiger partial charge in [0.2, 0.25) is 5.91 Å². The summed E-state index contributed by atoms with van der Waals surface area (Å²) >= 11 is 0. The highest BCUT2D eigenvalue weighted by Crippen LogP contribution is 2.17. The third-order valence-electron chi connectivity index (χ3n) is 4.09. The summed E-state index contributed by atoms with van der Waals surface area (Å²) in [5.41, 5.74) is 7.00. The molecule has 2 heterocycles. The molecule has 28 heavy (non-hydrogen) atoms. The molecule has 11 heteroatoms. The van der Waals surface area contributed by atoms with Gasteiger partial charge in [0, 0.05) is 0 Å². The summed E-state index contributed by atoms with van der Waals surface area (Å²) in [6, 6.07) is 9.19. The molecular weight excluding hydrogens is 382 g/mol. The fraction of sp³-hybridized carbons (Fsp3) is 0.412. The van der Waals surface area contributed by atoms with Crippen molar-refractivity contribution in [3.63, 3.8) is 0 Å². The van der Waals surface area contributed by atoms with Crippen molar-refractivity contribution < 1.29 is 4.79 Å². The van der Waals surface area contributed by atoms with Gasteiger partial charge in [0.05, 0.1) is 18.3 Å². The molecule has 1 aromatic carbocycles. The number of halogens is 1. The standard InChI is InChI=1S/C17H23N9O.ClH/c1-11(2)16(18)17-20-12(3)22-25(17)10-15(27)19-9-14-21-23-24-26(14)13-7-5-4-6-8-13;/h4-8,11,16H,9-10,18H2,1-3H3,(H,19,27);1H/t16-;/m0./s1. The Morgan fingerprint density at radius 2 is 1.96 bits per heavy atom. The van der Waals surface area contributed by atoms with Crippen molar-refractivity contribution >= 4 is 18.3 Å². The number of nitrogens with one attached hydrogen (secondary N) is 1. The summed E-state index contributed by atoms with van der Waals surface area (Å²) in [4.78, 5) is 16.8. The first-order valence-electron chi connectivity index (χ1n) is 8.72. The molecule has 0 radical (unpaired) electrons. The van der Waals surface area contributed by atoms with Crippen molar-refractivity contribution in [2.75, 3.05) is 0 Å². The van der Waals surface area contributed by atoms with Gasteiger partial charge in [-0.3, -0.25) is 4.79 Å². The summed E-state index contributed by atoms with van der Waals surface area (Å²) in [6.45, 7) is 6.01. The quantitative estimate of drug-likeness (QED) is 0.598. The van der Waals surface area contributed by atoms with Crippen LogP contribution in [0, 0.1) is 12.8 Å². The van der Waals surface area contributed by atoms with Gasteiger partial charge in [-0.1, -0.05) is 32.0 Å². The van der Waals surface area contributed by atoms with E-state index in [0.717, 1.165) is 5.69 Å². The number of tetrazole rings is 1. The lowest BCUT2D eigenvalue weighted by atomic mass is 10.1. The summed E-state index contributed by atoms with van der Waals surface area (Å²) in [5.74, 6) is 1.68. The van der Waals surface area contributed by atoms with Gasteiger partial charge < -0.3 is 11.1 Å². The van der Waals surface area contributed by atoms with E-state index < -0.39 is 0 Å². The maximum atomic E-state index is 12.4. The molecule has 0 saturated heterocycles. The van der Waals surface area contributed by atoms with E-state index in [9.17, 15) is 4.79 Å². The van der Waals surface area contributed by atoms with Crippen LogP contribution in [0.2, 0.25) is 0 Å². The molecule has 150 valence electrons. The lowest BCUT2D eigenvalue weighted by Crippen LogP contribution is -2.31. The lowest BCUT2D eigenvalue weighted by molar-refractivity contribution is -0.122. The Kier molecular flexibility index (Phi) is 7.18. The number of carbonyl (C=O) groups is 1. The zero-order chi connectivity index (χ0) is 19.4. The number of amides is 1. The Labute approximate surface area is 168 Å². The van der Waals surface area contributed by atoms with Gasteiger partial charge in [0.1, 0.15) is 18.2 Å². The fourth-order valence-electron chi connectivity index (χ4n) is 2.59. The van der Waals surface area contributed by atoms with Crippen molar-refractivity contribution in [1.82, 2.24) is 40.3 Å². The Morgan fingerprint density at radius 3 is 2.64 bits per heavy atom. The summed E-state index contributed by atoms with van der Waals surface area (Å²) < 4.78 is 3.13. The van der Waals surface area contributed by atoms with Crippen molar-refractivity contribution in [3.8, 4) is 5.69 Å². The molecule has 0 spiro atoms. The van der Waals surface area contributed by atoms with Crippen LogP contribution in [0.15, 0.2) is 30.3 Å². The lowest BCUT2D eigenvalue weighted by Gasteiger charge is -2.15. The fourth-order valence-corrected chi connectivity index (χ4v) is 2.59. The number of benzene rings is 1. The number of nitrogens with zero attached hydrogens (tertiary/aromatic N) is 7. The van der Waals surface area contributed by atoms with Crippen LogP contribution in [0.4, 0.5) is 0 Å². The first-order chi connectivity index (χ1) is 13.0. The molecule has 0 unspecified atom stereocenters. The maximum Gasteiger partial charge on any atom is 0.242 e. The highest BCUT2D eigenvalue weighted by atomic mass is 35.5. The van der Waals surface area contributed by atoms with Crippen LogP contribution >= 0.6 is 12.4 Å². The SMILES string of the molecule is Cc1nc([C@@H](N)C(C)C)n(CC(=O)NCc2nnnn2-c2ccccc2)n1.Cl. The first kappa shape index (κ1) is 21.5. The van der Waals surface area contributed by atoms with Crippen molar-refractivity contribution in [3.05, 3.63) is 47.8 Å². The number of carbonyl (C=O) groups excluding carboxylic acids is 1. The highest BCUT2D eigenvalue weighted by Gasteiger charge is 2.20. The molecular formula is C17H24ClN9O. The average Bonchev–Trinajstić information content (AvgIpc) is 3.26. The Balaban J connectivity index is 0.00000280. The molecule has 0 aliphatic rings. The van der Waals surface area contributed by atoms with Crippen molar-refractivity contribution in [2.24, 2.45) is 11.7 Å².